The molecule has 4 atom stereocenters. The van der Waals surface area contributed by atoms with E-state index in [2.05, 4.69) is 67.7 Å². The van der Waals surface area contributed by atoms with Gasteiger partial charge in [-0.1, -0.05) is 53.7 Å². The third-order valence-electron chi connectivity index (χ3n) is 7.73. The van der Waals surface area contributed by atoms with Crippen molar-refractivity contribution in [2.24, 2.45) is 0 Å². The lowest BCUT2D eigenvalue weighted by molar-refractivity contribution is -0.152. The van der Waals surface area contributed by atoms with Crippen LogP contribution in [-0.2, 0) is 27.9 Å². The van der Waals surface area contributed by atoms with Gasteiger partial charge in [0.25, 0.3) is 0 Å². The summed E-state index contributed by atoms with van der Waals surface area (Å²) in [5.74, 6) is -0.330. The van der Waals surface area contributed by atoms with Gasteiger partial charge in [0.2, 0.25) is 0 Å². The van der Waals surface area contributed by atoms with E-state index in [1.54, 1.807) is 12.1 Å². The van der Waals surface area contributed by atoms with Crippen molar-refractivity contribution < 1.29 is 32.7 Å². The van der Waals surface area contributed by atoms with Gasteiger partial charge in [0.05, 0.1) is 6.61 Å². The van der Waals surface area contributed by atoms with Crippen LogP contribution in [0.4, 0.5) is 0 Å². The number of hydrogen-bond acceptors (Lipinski definition) is 7. The summed E-state index contributed by atoms with van der Waals surface area (Å²) in [5, 5.41) is 0.00495. The molecular weight excluding hydrogens is 492 g/mol. The Morgan fingerprint density at radius 1 is 0.833 bits per heavy atom. The van der Waals surface area contributed by atoms with Crippen LogP contribution in [0, 0.1) is 0 Å². The molecule has 0 unspecified atom stereocenters. The van der Waals surface area contributed by atoms with Gasteiger partial charge in [-0.3, -0.25) is 9.59 Å². The van der Waals surface area contributed by atoms with Gasteiger partial charge >= 0.3 is 11.9 Å². The Hall–Kier alpha value is -1.53. The van der Waals surface area contributed by atoms with Gasteiger partial charge in [-0.2, -0.15) is 0 Å². The zero-order valence-corrected chi connectivity index (χ0v) is 26.2. The van der Waals surface area contributed by atoms with Crippen molar-refractivity contribution >= 4 is 28.6 Å². The number of carbonyl (C=O) groups excluding carboxylic acids is 2. The van der Waals surface area contributed by atoms with Gasteiger partial charge in [0, 0.05) is 13.8 Å². The maximum atomic E-state index is 12.2. The monoisotopic (exact) mass is 538 g/mol. The van der Waals surface area contributed by atoms with E-state index in [1.165, 1.54) is 13.8 Å². The zero-order chi connectivity index (χ0) is 27.7. The molecule has 0 N–H and O–H groups in total. The van der Waals surface area contributed by atoms with Crippen LogP contribution in [0.25, 0.3) is 0 Å². The Kier molecular flexibility index (Phi) is 9.44. The summed E-state index contributed by atoms with van der Waals surface area (Å²) in [4.78, 5) is 23.5. The van der Waals surface area contributed by atoms with Crippen LogP contribution in [0.1, 0.15) is 67.1 Å². The highest BCUT2D eigenvalue weighted by molar-refractivity contribution is 6.74. The molecule has 1 aliphatic rings. The van der Waals surface area contributed by atoms with Gasteiger partial charge in [-0.15, -0.1) is 0 Å². The minimum Gasteiger partial charge on any atom is -0.457 e. The summed E-state index contributed by atoms with van der Waals surface area (Å²) >= 11 is 0. The first-order valence-corrected chi connectivity index (χ1v) is 18.5. The maximum Gasteiger partial charge on any atom is 0.308 e. The van der Waals surface area contributed by atoms with Crippen LogP contribution < -0.4 is 4.74 Å². The number of esters is 2. The fourth-order valence-electron chi connectivity index (χ4n) is 3.51. The molecule has 36 heavy (non-hydrogen) atoms. The molecule has 0 saturated carbocycles. The lowest BCUT2D eigenvalue weighted by atomic mass is 10.0. The van der Waals surface area contributed by atoms with E-state index in [0.717, 1.165) is 5.56 Å². The van der Waals surface area contributed by atoms with E-state index < -0.39 is 41.1 Å². The minimum absolute atomic E-state index is 0.0393. The summed E-state index contributed by atoms with van der Waals surface area (Å²) in [6.07, 6.45) is -2.05. The van der Waals surface area contributed by atoms with E-state index in [-0.39, 0.29) is 22.0 Å². The molecule has 2 rings (SSSR count). The second kappa shape index (κ2) is 11.1. The van der Waals surface area contributed by atoms with Crippen LogP contribution in [0.3, 0.4) is 0 Å². The first kappa shape index (κ1) is 30.7. The molecule has 1 aromatic carbocycles. The van der Waals surface area contributed by atoms with Gasteiger partial charge in [-0.25, -0.2) is 0 Å². The first-order valence-electron chi connectivity index (χ1n) is 12.7. The van der Waals surface area contributed by atoms with Crippen molar-refractivity contribution in [2.45, 2.75) is 116 Å². The number of carbonyl (C=O) groups is 2. The van der Waals surface area contributed by atoms with Gasteiger partial charge in [0.15, 0.2) is 22.7 Å². The molecule has 204 valence electrons. The molecule has 0 spiro atoms. The van der Waals surface area contributed by atoms with Crippen LogP contribution in [-0.4, -0.2) is 53.5 Å². The average molecular weight is 539 g/mol. The lowest BCUT2D eigenvalue weighted by Crippen LogP contribution is -2.51. The van der Waals surface area contributed by atoms with Crippen molar-refractivity contribution in [1.82, 2.24) is 0 Å². The molecule has 1 fully saturated rings. The molecular formula is C27H46O7Si2. The van der Waals surface area contributed by atoms with Crippen LogP contribution in [0.2, 0.25) is 36.3 Å². The predicted molar refractivity (Wildman–Crippen MR) is 146 cm³/mol. The summed E-state index contributed by atoms with van der Waals surface area (Å²) in [6.45, 7) is 25.1. The average Bonchev–Trinajstić information content (AvgIpc) is 3.01. The smallest absolute Gasteiger partial charge is 0.308 e. The highest BCUT2D eigenvalue weighted by Gasteiger charge is 2.53. The van der Waals surface area contributed by atoms with Gasteiger partial charge in [0.1, 0.15) is 24.1 Å². The third-order valence-corrected chi connectivity index (χ3v) is 16.7. The molecule has 1 aromatic rings. The van der Waals surface area contributed by atoms with Crippen LogP contribution >= 0.6 is 0 Å². The quantitative estimate of drug-likeness (QED) is 0.215. The summed E-state index contributed by atoms with van der Waals surface area (Å²) in [6, 6.07) is 7.10. The fourth-order valence-corrected chi connectivity index (χ4v) is 5.84. The zero-order valence-electron chi connectivity index (χ0n) is 24.2. The van der Waals surface area contributed by atoms with E-state index >= 15 is 0 Å². The minimum atomic E-state index is -2.25. The Morgan fingerprint density at radius 3 is 1.81 bits per heavy atom. The SMILES string of the molecule is CC(=O)Oc1ccc([C@H]2O[C@H](CO[Si](C)(C)C(C)(C)C)[C@@H](O[Si](C)(C)C(C)(C)C)[C@@H]2OC(C)=O)cc1. The van der Waals surface area contributed by atoms with Gasteiger partial charge in [-0.05, 0) is 54.0 Å². The molecule has 0 radical (unpaired) electrons. The van der Waals surface area contributed by atoms with Crippen molar-refractivity contribution in [3.63, 3.8) is 0 Å². The predicted octanol–water partition coefficient (Wildman–Crippen LogP) is 6.40. The molecule has 1 saturated heterocycles. The highest BCUT2D eigenvalue weighted by atomic mass is 28.4. The van der Waals surface area contributed by atoms with E-state index in [9.17, 15) is 9.59 Å². The van der Waals surface area contributed by atoms with Crippen LogP contribution in [0.5, 0.6) is 5.75 Å². The Balaban J connectivity index is 2.45. The second-order valence-electron chi connectivity index (χ2n) is 12.7. The topological polar surface area (TPSA) is 80.3 Å². The Bertz CT molecular complexity index is 914. The number of hydrogen-bond donors (Lipinski definition) is 0. The van der Waals surface area contributed by atoms with Gasteiger partial charge < -0.3 is 23.1 Å². The molecule has 0 aliphatic carbocycles. The van der Waals surface area contributed by atoms with Crippen molar-refractivity contribution in [1.29, 1.82) is 0 Å². The standard InChI is InChI=1S/C27H46O7Si2/c1-18(28)31-21-15-13-20(14-16-21)23-25(32-19(2)29)24(34-36(11,12)27(6,7)8)22(33-23)17-30-35(9,10)26(3,4)5/h13-16,22-25H,17H2,1-12H3/t22-,23-,24-,25-/m1/s1. The number of ether oxygens (including phenoxy) is 3. The van der Waals surface area contributed by atoms with Crippen molar-refractivity contribution in [3.8, 4) is 5.75 Å². The number of rotatable bonds is 8. The Morgan fingerprint density at radius 2 is 1.36 bits per heavy atom. The molecule has 1 heterocycles. The molecule has 0 bridgehead atoms. The van der Waals surface area contributed by atoms with Crippen molar-refractivity contribution in [2.75, 3.05) is 6.61 Å². The molecule has 7 nitrogen and oxygen atoms in total. The maximum absolute atomic E-state index is 12.2. The third kappa shape index (κ3) is 7.50. The molecule has 1 aliphatic heterocycles. The molecule has 9 heteroatoms. The largest absolute Gasteiger partial charge is 0.457 e. The summed E-state index contributed by atoms with van der Waals surface area (Å²) in [5.41, 5.74) is 0.816. The lowest BCUT2D eigenvalue weighted by Gasteiger charge is -2.41. The van der Waals surface area contributed by atoms with E-state index in [4.69, 9.17) is 23.1 Å². The molecule has 0 aromatic heterocycles. The summed E-state index contributed by atoms with van der Waals surface area (Å²) in [7, 11) is -4.30. The normalized spacial score (nSPS) is 23.4. The molecule has 0 amide bonds. The second-order valence-corrected chi connectivity index (χ2v) is 22.3. The van der Waals surface area contributed by atoms with E-state index in [0.29, 0.717) is 12.4 Å². The van der Waals surface area contributed by atoms with Crippen LogP contribution in [0.15, 0.2) is 24.3 Å². The summed E-state index contributed by atoms with van der Waals surface area (Å²) < 4.78 is 31.1. The van der Waals surface area contributed by atoms with Crippen molar-refractivity contribution in [3.05, 3.63) is 29.8 Å². The fraction of sp³-hybridized carbons (Fsp3) is 0.704. The first-order chi connectivity index (χ1) is 16.2. The highest BCUT2D eigenvalue weighted by Crippen LogP contribution is 2.44. The number of benzene rings is 1. The Labute approximate surface area is 219 Å². The van der Waals surface area contributed by atoms with E-state index in [1.807, 2.05) is 12.1 Å².